The Labute approximate surface area is 124 Å². The third-order valence-electron chi connectivity index (χ3n) is 4.55. The molecule has 2 unspecified atom stereocenters. The molecule has 2 aliphatic rings. The van der Waals surface area contributed by atoms with Gasteiger partial charge in [-0.15, -0.1) is 0 Å². The second-order valence-electron chi connectivity index (χ2n) is 6.60. The number of nitrogens with one attached hydrogen (secondary N) is 1. The number of amides is 1. The molecule has 1 saturated heterocycles. The topological polar surface area (TPSA) is 104 Å². The molecule has 1 amide bonds. The fourth-order valence-corrected chi connectivity index (χ4v) is 4.12. The van der Waals surface area contributed by atoms with Crippen molar-refractivity contribution in [2.75, 3.05) is 19.3 Å². The van der Waals surface area contributed by atoms with Gasteiger partial charge in [0.05, 0.1) is 18.1 Å². The predicted molar refractivity (Wildman–Crippen MR) is 76.0 cm³/mol. The number of piperidine rings is 1. The lowest BCUT2D eigenvalue weighted by atomic mass is 10.0. The number of carbonyl (C=O) groups is 2. The standard InChI is InChI=1S/C13H22N2O5S/c1-13(2)9(10(13)12(17)18)11(16)15-6-4-8(5-7-15)14-21(3,19)20/h8-10,14H,4-7H2,1-3H3,(H,17,18). The summed E-state index contributed by atoms with van der Waals surface area (Å²) in [6.45, 7) is 4.52. The second kappa shape index (κ2) is 5.24. The Balaban J connectivity index is 1.92. The lowest BCUT2D eigenvalue weighted by molar-refractivity contribution is -0.142. The van der Waals surface area contributed by atoms with Gasteiger partial charge < -0.3 is 10.0 Å². The zero-order valence-electron chi connectivity index (χ0n) is 12.5. The fourth-order valence-electron chi connectivity index (χ4n) is 3.28. The van der Waals surface area contributed by atoms with E-state index in [9.17, 15) is 18.0 Å². The third kappa shape index (κ3) is 3.37. The Hall–Kier alpha value is -1.15. The highest BCUT2D eigenvalue weighted by Gasteiger charge is 2.66. The van der Waals surface area contributed by atoms with Crippen LogP contribution >= 0.6 is 0 Å². The maximum Gasteiger partial charge on any atom is 0.307 e. The Morgan fingerprint density at radius 1 is 1.19 bits per heavy atom. The second-order valence-corrected chi connectivity index (χ2v) is 8.38. The Morgan fingerprint density at radius 3 is 2.10 bits per heavy atom. The van der Waals surface area contributed by atoms with Gasteiger partial charge in [-0.05, 0) is 18.3 Å². The Bertz CT molecular complexity index is 549. The van der Waals surface area contributed by atoms with Crippen LogP contribution in [0.3, 0.4) is 0 Å². The molecule has 2 fully saturated rings. The number of rotatable bonds is 4. The van der Waals surface area contributed by atoms with Gasteiger partial charge in [0, 0.05) is 19.1 Å². The molecule has 21 heavy (non-hydrogen) atoms. The number of carboxylic acids is 1. The van der Waals surface area contributed by atoms with Gasteiger partial charge in [0.15, 0.2) is 0 Å². The van der Waals surface area contributed by atoms with E-state index in [-0.39, 0.29) is 11.9 Å². The van der Waals surface area contributed by atoms with Crippen molar-refractivity contribution in [1.29, 1.82) is 0 Å². The van der Waals surface area contributed by atoms with E-state index in [0.717, 1.165) is 6.26 Å². The summed E-state index contributed by atoms with van der Waals surface area (Å²) in [4.78, 5) is 25.2. The summed E-state index contributed by atoms with van der Waals surface area (Å²) >= 11 is 0. The minimum absolute atomic E-state index is 0.120. The van der Waals surface area contributed by atoms with Gasteiger partial charge in [-0.25, -0.2) is 13.1 Å². The van der Waals surface area contributed by atoms with E-state index in [0.29, 0.717) is 25.9 Å². The van der Waals surface area contributed by atoms with Gasteiger partial charge in [-0.1, -0.05) is 13.8 Å². The van der Waals surface area contributed by atoms with Crippen LogP contribution in [0.5, 0.6) is 0 Å². The van der Waals surface area contributed by atoms with E-state index in [1.165, 1.54) is 0 Å². The first-order valence-electron chi connectivity index (χ1n) is 7.03. The molecule has 0 bridgehead atoms. The molecule has 0 aromatic carbocycles. The van der Waals surface area contributed by atoms with Crippen molar-refractivity contribution < 1.29 is 23.1 Å². The van der Waals surface area contributed by atoms with Crippen molar-refractivity contribution in [2.45, 2.75) is 32.7 Å². The van der Waals surface area contributed by atoms with Crippen LogP contribution in [0.25, 0.3) is 0 Å². The van der Waals surface area contributed by atoms with Crippen LogP contribution in [0, 0.1) is 17.3 Å². The minimum atomic E-state index is -3.24. The van der Waals surface area contributed by atoms with E-state index in [4.69, 9.17) is 5.11 Å². The normalized spacial score (nSPS) is 29.2. The number of hydrogen-bond donors (Lipinski definition) is 2. The molecule has 120 valence electrons. The van der Waals surface area contributed by atoms with Crippen molar-refractivity contribution >= 4 is 21.9 Å². The van der Waals surface area contributed by atoms with Crippen LogP contribution in [0.1, 0.15) is 26.7 Å². The minimum Gasteiger partial charge on any atom is -0.481 e. The highest BCUT2D eigenvalue weighted by molar-refractivity contribution is 7.88. The maximum atomic E-state index is 12.4. The van der Waals surface area contributed by atoms with Gasteiger partial charge in [0.2, 0.25) is 15.9 Å². The van der Waals surface area contributed by atoms with Crippen LogP contribution in [0.2, 0.25) is 0 Å². The molecule has 1 saturated carbocycles. The lowest BCUT2D eigenvalue weighted by Crippen LogP contribution is -2.47. The fraction of sp³-hybridized carbons (Fsp3) is 0.846. The zero-order valence-corrected chi connectivity index (χ0v) is 13.3. The first kappa shape index (κ1) is 16.2. The monoisotopic (exact) mass is 318 g/mol. The highest BCUT2D eigenvalue weighted by Crippen LogP contribution is 2.59. The number of aliphatic carboxylic acids is 1. The molecule has 8 heteroatoms. The summed E-state index contributed by atoms with van der Waals surface area (Å²) in [7, 11) is -3.24. The van der Waals surface area contributed by atoms with E-state index in [2.05, 4.69) is 4.72 Å². The van der Waals surface area contributed by atoms with Crippen LogP contribution in [-0.2, 0) is 19.6 Å². The molecule has 7 nitrogen and oxygen atoms in total. The summed E-state index contributed by atoms with van der Waals surface area (Å²) in [6.07, 6.45) is 2.24. The largest absolute Gasteiger partial charge is 0.481 e. The SMILES string of the molecule is CC1(C)C(C(=O)O)C1C(=O)N1CCC(NS(C)(=O)=O)CC1. The predicted octanol–water partition coefficient (Wildman–Crippen LogP) is -0.117. The molecule has 0 radical (unpaired) electrons. The van der Waals surface area contributed by atoms with Crippen LogP contribution in [-0.4, -0.2) is 55.7 Å². The molecular weight excluding hydrogens is 296 g/mol. The summed E-state index contributed by atoms with van der Waals surface area (Å²) < 4.78 is 24.9. The number of hydrogen-bond acceptors (Lipinski definition) is 4. The molecule has 1 aliphatic carbocycles. The van der Waals surface area contributed by atoms with Crippen molar-refractivity contribution in [3.8, 4) is 0 Å². The average molecular weight is 318 g/mol. The quantitative estimate of drug-likeness (QED) is 0.752. The number of carboxylic acid groups (broad SMARTS) is 1. The molecule has 2 rings (SSSR count). The summed E-state index contributed by atoms with van der Waals surface area (Å²) in [5.41, 5.74) is -0.495. The van der Waals surface area contributed by atoms with Gasteiger partial charge >= 0.3 is 5.97 Å². The zero-order chi connectivity index (χ0) is 16.0. The molecular formula is C13H22N2O5S. The smallest absolute Gasteiger partial charge is 0.307 e. The first-order valence-corrected chi connectivity index (χ1v) is 8.92. The molecule has 0 spiro atoms. The summed E-state index contributed by atoms with van der Waals surface area (Å²) in [5, 5.41) is 9.13. The highest BCUT2D eigenvalue weighted by atomic mass is 32.2. The molecule has 0 aromatic rings. The lowest BCUT2D eigenvalue weighted by Gasteiger charge is -2.32. The maximum absolute atomic E-state index is 12.4. The van der Waals surface area contributed by atoms with Gasteiger partial charge in [-0.3, -0.25) is 9.59 Å². The number of likely N-dealkylation sites (tertiary alicyclic amines) is 1. The molecule has 2 N–H and O–H groups in total. The number of nitrogens with zero attached hydrogens (tertiary/aromatic N) is 1. The van der Waals surface area contributed by atoms with Crippen LogP contribution in [0.4, 0.5) is 0 Å². The van der Waals surface area contributed by atoms with Gasteiger partial charge in [0.1, 0.15) is 0 Å². The summed E-state index contributed by atoms with van der Waals surface area (Å²) in [6, 6.07) is -0.147. The van der Waals surface area contributed by atoms with E-state index < -0.39 is 33.2 Å². The number of sulfonamides is 1. The molecule has 0 aromatic heterocycles. The third-order valence-corrected chi connectivity index (χ3v) is 5.31. The van der Waals surface area contributed by atoms with E-state index >= 15 is 0 Å². The first-order chi connectivity index (χ1) is 9.54. The van der Waals surface area contributed by atoms with E-state index in [1.807, 2.05) is 0 Å². The van der Waals surface area contributed by atoms with Crippen LogP contribution < -0.4 is 4.72 Å². The number of carbonyl (C=O) groups excluding carboxylic acids is 1. The van der Waals surface area contributed by atoms with Crippen molar-refractivity contribution in [1.82, 2.24) is 9.62 Å². The Morgan fingerprint density at radius 2 is 1.71 bits per heavy atom. The van der Waals surface area contributed by atoms with Crippen LogP contribution in [0.15, 0.2) is 0 Å². The molecule has 1 aliphatic heterocycles. The summed E-state index contributed by atoms with van der Waals surface area (Å²) in [5.74, 6) is -2.12. The Kier molecular flexibility index (Phi) is 4.05. The van der Waals surface area contributed by atoms with Gasteiger partial charge in [-0.2, -0.15) is 0 Å². The van der Waals surface area contributed by atoms with Crippen molar-refractivity contribution in [2.24, 2.45) is 17.3 Å². The van der Waals surface area contributed by atoms with Gasteiger partial charge in [0.25, 0.3) is 0 Å². The van der Waals surface area contributed by atoms with E-state index in [1.54, 1.807) is 18.7 Å². The molecule has 2 atom stereocenters. The van der Waals surface area contributed by atoms with Crippen molar-refractivity contribution in [3.63, 3.8) is 0 Å². The van der Waals surface area contributed by atoms with Crippen molar-refractivity contribution in [3.05, 3.63) is 0 Å². The average Bonchev–Trinajstić information content (AvgIpc) is 2.90. The molecule has 1 heterocycles.